The van der Waals surface area contributed by atoms with Gasteiger partial charge in [-0.3, -0.25) is 9.59 Å². The number of carbonyl (C=O) groups excluding carboxylic acids is 2. The van der Waals surface area contributed by atoms with E-state index in [9.17, 15) is 9.59 Å². The summed E-state index contributed by atoms with van der Waals surface area (Å²) >= 11 is 0. The molecule has 4 heteroatoms. The average molecular weight is 338 g/mol. The number of anilines is 1. The van der Waals surface area contributed by atoms with Gasteiger partial charge in [0, 0.05) is 5.54 Å². The second kappa shape index (κ2) is 7.97. The normalized spacial score (nSPS) is 11.0. The number of hydrogen-bond acceptors (Lipinski definition) is 2. The van der Waals surface area contributed by atoms with Gasteiger partial charge >= 0.3 is 0 Å². The van der Waals surface area contributed by atoms with Gasteiger partial charge in [0.15, 0.2) is 0 Å². The van der Waals surface area contributed by atoms with Gasteiger partial charge < -0.3 is 10.6 Å². The van der Waals surface area contributed by atoms with Crippen LogP contribution < -0.4 is 10.6 Å². The maximum Gasteiger partial charge on any atom is 0.253 e. The fourth-order valence-corrected chi connectivity index (χ4v) is 2.47. The van der Waals surface area contributed by atoms with Crippen LogP contribution in [0.1, 0.15) is 49.2 Å². The molecule has 0 saturated carbocycles. The summed E-state index contributed by atoms with van der Waals surface area (Å²) < 4.78 is 0. The smallest absolute Gasteiger partial charge is 0.253 e. The molecule has 4 nitrogen and oxygen atoms in total. The van der Waals surface area contributed by atoms with Gasteiger partial charge in [-0.1, -0.05) is 43.3 Å². The van der Waals surface area contributed by atoms with Crippen molar-refractivity contribution >= 4 is 17.5 Å². The Labute approximate surface area is 149 Å². The number of amides is 2. The second-order valence-corrected chi connectivity index (χ2v) is 7.14. The Morgan fingerprint density at radius 3 is 2.12 bits per heavy atom. The van der Waals surface area contributed by atoms with E-state index in [1.54, 1.807) is 24.3 Å². The molecule has 0 unspecified atom stereocenters. The van der Waals surface area contributed by atoms with E-state index in [-0.39, 0.29) is 23.8 Å². The number of hydrogen-bond donors (Lipinski definition) is 2. The maximum absolute atomic E-state index is 12.4. The van der Waals surface area contributed by atoms with Gasteiger partial charge in [-0.2, -0.15) is 0 Å². The second-order valence-electron chi connectivity index (χ2n) is 7.14. The van der Waals surface area contributed by atoms with E-state index in [0.717, 1.165) is 12.0 Å². The number of nitrogens with one attached hydrogen (secondary N) is 2. The highest BCUT2D eigenvalue weighted by Crippen LogP contribution is 2.17. The van der Waals surface area contributed by atoms with Gasteiger partial charge in [-0.05, 0) is 50.5 Å². The highest BCUT2D eigenvalue weighted by molar-refractivity contribution is 6.04. The zero-order valence-electron chi connectivity index (χ0n) is 15.3. The van der Waals surface area contributed by atoms with Crippen LogP contribution in [-0.4, -0.2) is 17.4 Å². The molecule has 0 aliphatic rings. The van der Waals surface area contributed by atoms with Crippen LogP contribution in [0, 0.1) is 0 Å². The largest absolute Gasteiger partial charge is 0.347 e. The molecule has 2 rings (SSSR count). The van der Waals surface area contributed by atoms with E-state index in [4.69, 9.17) is 0 Å². The minimum atomic E-state index is -0.338. The van der Waals surface area contributed by atoms with Gasteiger partial charge in [-0.25, -0.2) is 0 Å². The Morgan fingerprint density at radius 2 is 1.52 bits per heavy atom. The fraction of sp³-hybridized carbons (Fsp3) is 0.333. The predicted molar refractivity (Wildman–Crippen MR) is 102 cm³/mol. The molecule has 0 fully saturated rings. The summed E-state index contributed by atoms with van der Waals surface area (Å²) in [4.78, 5) is 24.8. The van der Waals surface area contributed by atoms with Crippen molar-refractivity contribution in [1.29, 1.82) is 0 Å². The first-order chi connectivity index (χ1) is 11.8. The average Bonchev–Trinajstić information content (AvgIpc) is 2.54. The first-order valence-electron chi connectivity index (χ1n) is 8.57. The van der Waals surface area contributed by atoms with E-state index in [0.29, 0.717) is 11.3 Å². The summed E-state index contributed by atoms with van der Waals surface area (Å²) in [5.74, 6) is -0.337. The van der Waals surface area contributed by atoms with Crippen LogP contribution in [0.15, 0.2) is 48.5 Å². The van der Waals surface area contributed by atoms with E-state index >= 15 is 0 Å². The molecule has 2 N–H and O–H groups in total. The Morgan fingerprint density at radius 1 is 0.920 bits per heavy atom. The third kappa shape index (κ3) is 5.75. The molecule has 0 atom stereocenters. The number of para-hydroxylation sites is 1. The number of benzene rings is 2. The third-order valence-electron chi connectivity index (χ3n) is 3.73. The zero-order chi connectivity index (χ0) is 18.4. The minimum absolute atomic E-state index is 0.139. The molecule has 0 aromatic heterocycles. The molecular weight excluding hydrogens is 312 g/mol. The lowest BCUT2D eigenvalue weighted by atomic mass is 10.1. The standard InChI is InChI=1S/C21H26N2O2/c1-5-15-10-12-16(13-11-15)14-19(24)22-18-9-7-6-8-17(18)20(25)23-21(2,3)4/h6-13H,5,14H2,1-4H3,(H,22,24)(H,23,25). The Kier molecular flexibility index (Phi) is 5.97. The molecule has 0 radical (unpaired) electrons. The minimum Gasteiger partial charge on any atom is -0.347 e. The molecule has 0 heterocycles. The summed E-state index contributed by atoms with van der Waals surface area (Å²) in [5, 5.41) is 5.78. The van der Waals surface area contributed by atoms with Crippen molar-refractivity contribution in [2.24, 2.45) is 0 Å². The van der Waals surface area contributed by atoms with Crippen LogP contribution in [0.4, 0.5) is 5.69 Å². The van der Waals surface area contributed by atoms with E-state index in [2.05, 4.69) is 17.6 Å². The quantitative estimate of drug-likeness (QED) is 0.867. The van der Waals surface area contributed by atoms with Crippen molar-refractivity contribution in [3.05, 3.63) is 65.2 Å². The summed E-state index contributed by atoms with van der Waals surface area (Å²) in [5.41, 5.74) is 2.85. The van der Waals surface area contributed by atoms with Crippen molar-refractivity contribution in [3.63, 3.8) is 0 Å². The van der Waals surface area contributed by atoms with Crippen LogP contribution >= 0.6 is 0 Å². The van der Waals surface area contributed by atoms with Crippen LogP contribution in [0.2, 0.25) is 0 Å². The molecular formula is C21H26N2O2. The van der Waals surface area contributed by atoms with E-state index in [1.165, 1.54) is 5.56 Å². The van der Waals surface area contributed by atoms with Crippen LogP contribution in [-0.2, 0) is 17.6 Å². The monoisotopic (exact) mass is 338 g/mol. The van der Waals surface area contributed by atoms with Crippen molar-refractivity contribution in [2.45, 2.75) is 46.1 Å². The van der Waals surface area contributed by atoms with Crippen molar-refractivity contribution in [3.8, 4) is 0 Å². The number of carbonyl (C=O) groups is 2. The van der Waals surface area contributed by atoms with E-state index < -0.39 is 0 Å². The Bertz CT molecular complexity index is 743. The molecule has 2 aromatic rings. The summed E-state index contributed by atoms with van der Waals surface area (Å²) in [6.45, 7) is 7.87. The van der Waals surface area contributed by atoms with Crippen LogP contribution in [0.25, 0.3) is 0 Å². The van der Waals surface area contributed by atoms with E-state index in [1.807, 2.05) is 45.0 Å². The molecule has 132 valence electrons. The number of rotatable bonds is 5. The first-order valence-corrected chi connectivity index (χ1v) is 8.57. The Hall–Kier alpha value is -2.62. The molecule has 2 amide bonds. The lowest BCUT2D eigenvalue weighted by Gasteiger charge is -2.21. The highest BCUT2D eigenvalue weighted by Gasteiger charge is 2.18. The number of aryl methyl sites for hydroxylation is 1. The zero-order valence-corrected chi connectivity index (χ0v) is 15.3. The van der Waals surface area contributed by atoms with Gasteiger partial charge in [0.1, 0.15) is 0 Å². The molecule has 0 aliphatic carbocycles. The lowest BCUT2D eigenvalue weighted by Crippen LogP contribution is -2.40. The molecule has 0 aliphatic heterocycles. The van der Waals surface area contributed by atoms with Gasteiger partial charge in [0.05, 0.1) is 17.7 Å². The van der Waals surface area contributed by atoms with Crippen molar-refractivity contribution < 1.29 is 9.59 Å². The Balaban J connectivity index is 2.08. The van der Waals surface area contributed by atoms with Crippen molar-refractivity contribution in [1.82, 2.24) is 5.32 Å². The fourth-order valence-electron chi connectivity index (χ4n) is 2.47. The highest BCUT2D eigenvalue weighted by atomic mass is 16.2. The molecule has 0 spiro atoms. The SMILES string of the molecule is CCc1ccc(CC(=O)Nc2ccccc2C(=O)NC(C)(C)C)cc1. The van der Waals surface area contributed by atoms with Gasteiger partial charge in [0.2, 0.25) is 5.91 Å². The molecule has 0 bridgehead atoms. The van der Waals surface area contributed by atoms with Crippen LogP contribution in [0.3, 0.4) is 0 Å². The van der Waals surface area contributed by atoms with Crippen molar-refractivity contribution in [2.75, 3.05) is 5.32 Å². The summed E-state index contributed by atoms with van der Waals surface area (Å²) in [7, 11) is 0. The summed E-state index contributed by atoms with van der Waals surface area (Å²) in [6.07, 6.45) is 1.25. The lowest BCUT2D eigenvalue weighted by molar-refractivity contribution is -0.115. The first kappa shape index (κ1) is 18.7. The van der Waals surface area contributed by atoms with Gasteiger partial charge in [-0.15, -0.1) is 0 Å². The summed E-state index contributed by atoms with van der Waals surface area (Å²) in [6, 6.07) is 15.1. The van der Waals surface area contributed by atoms with Crippen LogP contribution in [0.5, 0.6) is 0 Å². The molecule has 25 heavy (non-hydrogen) atoms. The maximum atomic E-state index is 12.4. The molecule has 0 saturated heterocycles. The predicted octanol–water partition coefficient (Wildman–Crippen LogP) is 3.96. The van der Waals surface area contributed by atoms with Gasteiger partial charge in [0.25, 0.3) is 5.91 Å². The molecule has 2 aromatic carbocycles. The topological polar surface area (TPSA) is 58.2 Å². The third-order valence-corrected chi connectivity index (χ3v) is 3.73.